The number of aromatic nitrogens is 3. The number of nitrogens with one attached hydrogen (secondary N) is 1. The Labute approximate surface area is 196 Å². The van der Waals surface area contributed by atoms with E-state index in [4.69, 9.17) is 14.2 Å². The highest BCUT2D eigenvalue weighted by molar-refractivity contribution is 7.91. The van der Waals surface area contributed by atoms with E-state index in [1.165, 1.54) is 0 Å². The van der Waals surface area contributed by atoms with Crippen molar-refractivity contribution in [1.82, 2.24) is 25.2 Å². The summed E-state index contributed by atoms with van der Waals surface area (Å²) in [6, 6.07) is 0. The summed E-state index contributed by atoms with van der Waals surface area (Å²) >= 11 is 0. The van der Waals surface area contributed by atoms with Crippen molar-refractivity contribution in [3.63, 3.8) is 0 Å². The van der Waals surface area contributed by atoms with Crippen molar-refractivity contribution in [2.75, 3.05) is 70.8 Å². The molecule has 12 heteroatoms. The van der Waals surface area contributed by atoms with E-state index in [0.717, 1.165) is 17.8 Å². The van der Waals surface area contributed by atoms with Gasteiger partial charge in [0.1, 0.15) is 0 Å². The summed E-state index contributed by atoms with van der Waals surface area (Å²) in [5, 5.41) is 11.2. The van der Waals surface area contributed by atoms with Gasteiger partial charge in [-0.25, -0.2) is 13.1 Å². The minimum Gasteiger partial charge on any atom is -0.377 e. The molecule has 11 nitrogen and oxygen atoms in total. The third-order valence-electron chi connectivity index (χ3n) is 5.17. The molecule has 1 aromatic rings. The van der Waals surface area contributed by atoms with E-state index >= 15 is 0 Å². The Morgan fingerprint density at radius 2 is 1.67 bits per heavy atom. The second kappa shape index (κ2) is 14.4. The average molecular weight is 488 g/mol. The van der Waals surface area contributed by atoms with Gasteiger partial charge in [0.15, 0.2) is 9.84 Å². The second-order valence-corrected chi connectivity index (χ2v) is 10.2. The highest BCUT2D eigenvalue weighted by Gasteiger charge is 2.23. The molecule has 1 amide bonds. The first-order valence-corrected chi connectivity index (χ1v) is 13.2. The van der Waals surface area contributed by atoms with Crippen LogP contribution in [0.1, 0.15) is 25.2 Å². The number of hydrogen-bond donors (Lipinski definition) is 1. The van der Waals surface area contributed by atoms with Gasteiger partial charge in [0.25, 0.3) is 0 Å². The Morgan fingerprint density at radius 1 is 1.06 bits per heavy atom. The van der Waals surface area contributed by atoms with Crippen LogP contribution in [0, 0.1) is 0 Å². The van der Waals surface area contributed by atoms with Gasteiger partial charge in [-0.1, -0.05) is 18.7 Å². The molecule has 0 aliphatic carbocycles. The van der Waals surface area contributed by atoms with Gasteiger partial charge >= 0.3 is 0 Å². The Kier molecular flexibility index (Phi) is 12.0. The molecule has 0 aromatic carbocycles. The molecule has 1 N–H and O–H groups in total. The van der Waals surface area contributed by atoms with Crippen molar-refractivity contribution in [2.45, 2.75) is 33.4 Å². The van der Waals surface area contributed by atoms with Crippen molar-refractivity contribution in [2.24, 2.45) is 0 Å². The summed E-state index contributed by atoms with van der Waals surface area (Å²) in [5.41, 5.74) is 2.43. The van der Waals surface area contributed by atoms with Crippen molar-refractivity contribution >= 4 is 15.7 Å². The number of sulfone groups is 1. The van der Waals surface area contributed by atoms with Crippen LogP contribution in [-0.2, 0) is 48.4 Å². The molecule has 1 aliphatic rings. The van der Waals surface area contributed by atoms with Gasteiger partial charge in [-0.2, -0.15) is 0 Å². The zero-order valence-electron chi connectivity index (χ0n) is 19.8. The smallest absolute Gasteiger partial charge is 0.246 e. The molecule has 33 heavy (non-hydrogen) atoms. The molecule has 0 saturated carbocycles. The van der Waals surface area contributed by atoms with E-state index in [1.807, 2.05) is 4.68 Å². The fourth-order valence-electron chi connectivity index (χ4n) is 3.26. The molecule has 1 saturated heterocycles. The van der Waals surface area contributed by atoms with Crippen LogP contribution in [0.3, 0.4) is 0 Å². The van der Waals surface area contributed by atoms with Crippen LogP contribution in [0.4, 0.5) is 0 Å². The largest absolute Gasteiger partial charge is 0.377 e. The highest BCUT2D eigenvalue weighted by Crippen LogP contribution is 2.12. The maximum absolute atomic E-state index is 11.6. The molecule has 0 bridgehead atoms. The van der Waals surface area contributed by atoms with Crippen LogP contribution in [0.15, 0.2) is 12.2 Å². The van der Waals surface area contributed by atoms with E-state index in [-0.39, 0.29) is 17.4 Å². The van der Waals surface area contributed by atoms with Gasteiger partial charge in [0.05, 0.1) is 69.1 Å². The zero-order chi connectivity index (χ0) is 24.1. The summed E-state index contributed by atoms with van der Waals surface area (Å²) in [4.78, 5) is 13.4. The molecule has 0 spiro atoms. The number of carbonyl (C=O) groups excluding carboxylic acids is 1. The Bertz CT molecular complexity index is 843. The summed E-state index contributed by atoms with van der Waals surface area (Å²) in [6.07, 6.45) is 0.800. The first kappa shape index (κ1) is 27.4. The average Bonchev–Trinajstić information content (AvgIpc) is 3.16. The minimum absolute atomic E-state index is 0.167. The van der Waals surface area contributed by atoms with Gasteiger partial charge < -0.3 is 19.5 Å². The number of carbonyl (C=O) groups is 1. The number of nitrogens with zero attached hydrogens (tertiary/aromatic N) is 4. The standard InChI is InChI=1S/C21H37N5O6S/c1-4-20-19(17-25-7-15-33(28,29)16-8-25)23-24-26(20)6-10-31-12-14-32-13-11-30-9-5-22-21(27)18(2)3/h2,4-17H2,1,3H3,(H,22,27). The molecule has 1 fully saturated rings. The maximum atomic E-state index is 11.6. The fraction of sp³-hybridized carbons (Fsp3) is 0.762. The van der Waals surface area contributed by atoms with Crippen LogP contribution >= 0.6 is 0 Å². The molecule has 1 aliphatic heterocycles. The van der Waals surface area contributed by atoms with E-state index < -0.39 is 9.84 Å². The molecule has 0 unspecified atom stereocenters. The zero-order valence-corrected chi connectivity index (χ0v) is 20.6. The Hall–Kier alpha value is -1.86. The number of amides is 1. The van der Waals surface area contributed by atoms with E-state index in [1.54, 1.807) is 6.92 Å². The van der Waals surface area contributed by atoms with E-state index in [2.05, 4.69) is 34.0 Å². The normalized spacial score (nSPS) is 16.1. The molecular formula is C21H37N5O6S. The number of hydrogen-bond acceptors (Lipinski definition) is 9. The molecule has 1 aromatic heterocycles. The molecule has 188 valence electrons. The van der Waals surface area contributed by atoms with Gasteiger partial charge in [0.2, 0.25) is 5.91 Å². The van der Waals surface area contributed by atoms with Crippen LogP contribution in [-0.4, -0.2) is 105 Å². The molecule has 2 heterocycles. The Balaban J connectivity index is 1.52. The van der Waals surface area contributed by atoms with Crippen molar-refractivity contribution in [1.29, 1.82) is 0 Å². The second-order valence-electron chi connectivity index (χ2n) is 7.86. The summed E-state index contributed by atoms with van der Waals surface area (Å²) in [6.45, 7) is 12.8. The molecule has 0 radical (unpaired) electrons. The lowest BCUT2D eigenvalue weighted by Crippen LogP contribution is -2.39. The lowest BCUT2D eigenvalue weighted by atomic mass is 10.2. The van der Waals surface area contributed by atoms with E-state index in [9.17, 15) is 13.2 Å². The topological polar surface area (TPSA) is 125 Å². The monoisotopic (exact) mass is 487 g/mol. The van der Waals surface area contributed by atoms with Crippen LogP contribution in [0.5, 0.6) is 0 Å². The van der Waals surface area contributed by atoms with Gasteiger partial charge in [-0.05, 0) is 13.3 Å². The molecule has 2 rings (SSSR count). The molecular weight excluding hydrogens is 450 g/mol. The van der Waals surface area contributed by atoms with Crippen LogP contribution < -0.4 is 5.32 Å². The van der Waals surface area contributed by atoms with Crippen molar-refractivity contribution in [3.05, 3.63) is 23.5 Å². The number of ether oxygens (including phenoxy) is 3. The predicted octanol–water partition coefficient (Wildman–Crippen LogP) is -0.187. The van der Waals surface area contributed by atoms with Crippen LogP contribution in [0.25, 0.3) is 0 Å². The lowest BCUT2D eigenvalue weighted by Gasteiger charge is -2.25. The first-order chi connectivity index (χ1) is 15.8. The summed E-state index contributed by atoms with van der Waals surface area (Å²) in [5.74, 6) is 0.246. The predicted molar refractivity (Wildman–Crippen MR) is 124 cm³/mol. The Morgan fingerprint density at radius 3 is 2.27 bits per heavy atom. The quantitative estimate of drug-likeness (QED) is 0.249. The third kappa shape index (κ3) is 10.3. The van der Waals surface area contributed by atoms with Gasteiger partial charge in [-0.3, -0.25) is 9.69 Å². The lowest BCUT2D eigenvalue weighted by molar-refractivity contribution is -0.117. The SMILES string of the molecule is C=C(C)C(=O)NCCOCCOCCOCCn1nnc(CN2CCS(=O)(=O)CC2)c1CC. The third-order valence-corrected chi connectivity index (χ3v) is 6.78. The van der Waals surface area contributed by atoms with Crippen molar-refractivity contribution in [3.8, 4) is 0 Å². The number of rotatable bonds is 16. The minimum atomic E-state index is -2.89. The summed E-state index contributed by atoms with van der Waals surface area (Å²) in [7, 11) is -2.89. The molecule has 0 atom stereocenters. The maximum Gasteiger partial charge on any atom is 0.246 e. The van der Waals surface area contributed by atoms with Gasteiger partial charge in [0, 0.05) is 31.8 Å². The highest BCUT2D eigenvalue weighted by atomic mass is 32.2. The summed E-state index contributed by atoms with van der Waals surface area (Å²) < 4.78 is 41.5. The van der Waals surface area contributed by atoms with Gasteiger partial charge in [-0.15, -0.1) is 5.10 Å². The first-order valence-electron chi connectivity index (χ1n) is 11.3. The van der Waals surface area contributed by atoms with Crippen LogP contribution in [0.2, 0.25) is 0 Å². The van der Waals surface area contributed by atoms with Crippen molar-refractivity contribution < 1.29 is 27.4 Å². The van der Waals surface area contributed by atoms with E-state index in [0.29, 0.717) is 77.9 Å². The fourth-order valence-corrected chi connectivity index (χ4v) is 4.54.